The van der Waals surface area contributed by atoms with E-state index in [2.05, 4.69) is 5.32 Å². The van der Waals surface area contributed by atoms with E-state index in [0.29, 0.717) is 18.4 Å². The summed E-state index contributed by atoms with van der Waals surface area (Å²) in [4.78, 5) is 0. The maximum Gasteiger partial charge on any atom is 0.162 e. The zero-order valence-electron chi connectivity index (χ0n) is 11.5. The van der Waals surface area contributed by atoms with Gasteiger partial charge in [-0.05, 0) is 18.9 Å². The molecule has 19 heavy (non-hydrogen) atoms. The van der Waals surface area contributed by atoms with Crippen LogP contribution in [0.15, 0.2) is 18.2 Å². The summed E-state index contributed by atoms with van der Waals surface area (Å²) in [5, 5.41) is 13.2. The van der Waals surface area contributed by atoms with Gasteiger partial charge in [-0.15, -0.1) is 0 Å². The van der Waals surface area contributed by atoms with Crippen LogP contribution in [0, 0.1) is 0 Å². The summed E-state index contributed by atoms with van der Waals surface area (Å²) in [7, 11) is 1.56. The second kappa shape index (κ2) is 7.36. The van der Waals surface area contributed by atoms with Gasteiger partial charge >= 0.3 is 0 Å². The lowest BCUT2D eigenvalue weighted by molar-refractivity contribution is 0.0602. The van der Waals surface area contributed by atoms with Crippen LogP contribution >= 0.6 is 0 Å². The highest BCUT2D eigenvalue weighted by molar-refractivity contribution is 5.45. The number of rotatable bonds is 7. The molecular formula is C15H23NO3. The molecule has 0 spiro atoms. The van der Waals surface area contributed by atoms with Gasteiger partial charge in [0.2, 0.25) is 0 Å². The Morgan fingerprint density at radius 2 is 2.11 bits per heavy atom. The van der Waals surface area contributed by atoms with E-state index in [-0.39, 0.29) is 5.75 Å². The fourth-order valence-corrected chi connectivity index (χ4v) is 2.45. The number of nitrogens with one attached hydrogen (secondary N) is 1. The Morgan fingerprint density at radius 3 is 2.84 bits per heavy atom. The summed E-state index contributed by atoms with van der Waals surface area (Å²) in [5.74, 6) is 0.732. The van der Waals surface area contributed by atoms with Gasteiger partial charge in [-0.3, -0.25) is 0 Å². The monoisotopic (exact) mass is 265 g/mol. The number of para-hydroxylation sites is 1. The summed E-state index contributed by atoms with van der Waals surface area (Å²) in [5.41, 5.74) is 0.847. The molecule has 106 valence electrons. The molecular weight excluding hydrogens is 242 g/mol. The van der Waals surface area contributed by atoms with Crippen LogP contribution < -0.4 is 10.1 Å². The van der Waals surface area contributed by atoms with Crippen LogP contribution in [0.2, 0.25) is 0 Å². The Labute approximate surface area is 114 Å². The molecule has 4 heteroatoms. The van der Waals surface area contributed by atoms with Crippen molar-refractivity contribution in [3.63, 3.8) is 0 Å². The van der Waals surface area contributed by atoms with E-state index < -0.39 is 0 Å². The second-order valence-corrected chi connectivity index (χ2v) is 4.92. The first-order valence-electron chi connectivity index (χ1n) is 6.98. The van der Waals surface area contributed by atoms with Crippen molar-refractivity contribution < 1.29 is 14.6 Å². The van der Waals surface area contributed by atoms with Crippen molar-refractivity contribution in [3.8, 4) is 11.5 Å². The number of aromatic hydroxyl groups is 1. The zero-order chi connectivity index (χ0) is 13.5. The minimum Gasteiger partial charge on any atom is -0.504 e. The topological polar surface area (TPSA) is 50.7 Å². The molecule has 0 radical (unpaired) electrons. The van der Waals surface area contributed by atoms with Crippen molar-refractivity contribution in [1.29, 1.82) is 0 Å². The lowest BCUT2D eigenvalue weighted by Gasteiger charge is -2.12. The lowest BCUT2D eigenvalue weighted by Crippen LogP contribution is -2.21. The Balaban J connectivity index is 1.67. The quantitative estimate of drug-likeness (QED) is 0.744. The van der Waals surface area contributed by atoms with E-state index >= 15 is 0 Å². The summed E-state index contributed by atoms with van der Waals surface area (Å²) in [6, 6.07) is 5.52. The molecule has 1 fully saturated rings. The van der Waals surface area contributed by atoms with Crippen LogP contribution in [0.5, 0.6) is 11.5 Å². The fraction of sp³-hybridized carbons (Fsp3) is 0.600. The minimum atomic E-state index is 0.217. The molecule has 1 saturated carbocycles. The van der Waals surface area contributed by atoms with Crippen LogP contribution in [-0.4, -0.2) is 31.5 Å². The number of phenols is 1. The summed E-state index contributed by atoms with van der Waals surface area (Å²) >= 11 is 0. The first-order valence-corrected chi connectivity index (χ1v) is 6.98. The first kappa shape index (κ1) is 14.2. The van der Waals surface area contributed by atoms with Gasteiger partial charge in [-0.2, -0.15) is 0 Å². The predicted octanol–water partition coefficient (Wildman–Crippen LogP) is 2.45. The normalized spacial score (nSPS) is 15.8. The van der Waals surface area contributed by atoms with E-state index in [4.69, 9.17) is 9.47 Å². The van der Waals surface area contributed by atoms with Crippen LogP contribution in [0.3, 0.4) is 0 Å². The molecule has 0 unspecified atom stereocenters. The maximum atomic E-state index is 9.92. The number of phenolic OH excluding ortho intramolecular Hbond substituents is 1. The van der Waals surface area contributed by atoms with Gasteiger partial charge in [0.05, 0.1) is 19.8 Å². The Kier molecular flexibility index (Phi) is 5.48. The molecule has 4 nitrogen and oxygen atoms in total. The van der Waals surface area contributed by atoms with Gasteiger partial charge < -0.3 is 19.9 Å². The SMILES string of the molecule is COc1cccc(CNCCOC2CCCC2)c1O. The molecule has 1 aliphatic carbocycles. The van der Waals surface area contributed by atoms with Crippen molar-refractivity contribution in [2.24, 2.45) is 0 Å². The summed E-state index contributed by atoms with van der Waals surface area (Å²) < 4.78 is 10.8. The van der Waals surface area contributed by atoms with Gasteiger partial charge in [0, 0.05) is 18.7 Å². The van der Waals surface area contributed by atoms with Gasteiger partial charge in [0.15, 0.2) is 11.5 Å². The molecule has 2 rings (SSSR count). The molecule has 0 bridgehead atoms. The highest BCUT2D eigenvalue weighted by Crippen LogP contribution is 2.29. The molecule has 1 aromatic carbocycles. The predicted molar refractivity (Wildman–Crippen MR) is 74.6 cm³/mol. The lowest BCUT2D eigenvalue weighted by atomic mass is 10.2. The van der Waals surface area contributed by atoms with Crippen molar-refractivity contribution in [2.75, 3.05) is 20.3 Å². The number of hydrogen-bond donors (Lipinski definition) is 2. The van der Waals surface area contributed by atoms with Gasteiger partial charge in [-0.25, -0.2) is 0 Å². The van der Waals surface area contributed by atoms with Crippen LogP contribution in [0.4, 0.5) is 0 Å². The highest BCUT2D eigenvalue weighted by atomic mass is 16.5. The molecule has 0 aromatic heterocycles. The number of ether oxygens (including phenoxy) is 2. The molecule has 0 aliphatic heterocycles. The smallest absolute Gasteiger partial charge is 0.162 e. The molecule has 1 aromatic rings. The summed E-state index contributed by atoms with van der Waals surface area (Å²) in [6.45, 7) is 2.15. The molecule has 0 saturated heterocycles. The Hall–Kier alpha value is -1.26. The van der Waals surface area contributed by atoms with Crippen molar-refractivity contribution >= 4 is 0 Å². The zero-order valence-corrected chi connectivity index (χ0v) is 11.5. The highest BCUT2D eigenvalue weighted by Gasteiger charge is 2.14. The van der Waals surface area contributed by atoms with Crippen molar-refractivity contribution in [3.05, 3.63) is 23.8 Å². The molecule has 0 amide bonds. The molecule has 0 heterocycles. The molecule has 2 N–H and O–H groups in total. The molecule has 1 aliphatic rings. The van der Waals surface area contributed by atoms with E-state index in [1.807, 2.05) is 12.1 Å². The van der Waals surface area contributed by atoms with E-state index in [1.54, 1.807) is 13.2 Å². The third kappa shape index (κ3) is 4.11. The maximum absolute atomic E-state index is 9.92. The van der Waals surface area contributed by atoms with Crippen molar-refractivity contribution in [2.45, 2.75) is 38.3 Å². The summed E-state index contributed by atoms with van der Waals surface area (Å²) in [6.07, 6.45) is 5.48. The average molecular weight is 265 g/mol. The van der Waals surface area contributed by atoms with E-state index in [9.17, 15) is 5.11 Å². The van der Waals surface area contributed by atoms with Crippen LogP contribution in [0.1, 0.15) is 31.2 Å². The van der Waals surface area contributed by atoms with E-state index in [1.165, 1.54) is 25.7 Å². The first-order chi connectivity index (χ1) is 9.31. The number of benzene rings is 1. The molecule has 0 atom stereocenters. The van der Waals surface area contributed by atoms with Gasteiger partial charge in [0.25, 0.3) is 0 Å². The second-order valence-electron chi connectivity index (χ2n) is 4.92. The largest absolute Gasteiger partial charge is 0.504 e. The number of methoxy groups -OCH3 is 1. The third-order valence-electron chi connectivity index (χ3n) is 3.55. The Morgan fingerprint density at radius 1 is 1.32 bits per heavy atom. The van der Waals surface area contributed by atoms with E-state index in [0.717, 1.165) is 18.7 Å². The Bertz CT molecular complexity index is 389. The van der Waals surface area contributed by atoms with Gasteiger partial charge in [0.1, 0.15) is 0 Å². The minimum absolute atomic E-state index is 0.217. The van der Waals surface area contributed by atoms with Crippen molar-refractivity contribution in [1.82, 2.24) is 5.32 Å². The van der Waals surface area contributed by atoms with Crippen LogP contribution in [-0.2, 0) is 11.3 Å². The van der Waals surface area contributed by atoms with Gasteiger partial charge in [-0.1, -0.05) is 25.0 Å². The average Bonchev–Trinajstić information content (AvgIpc) is 2.93. The third-order valence-corrected chi connectivity index (χ3v) is 3.55. The standard InChI is InChI=1S/C15H23NO3/c1-18-14-8-4-5-12(15(14)17)11-16-9-10-19-13-6-2-3-7-13/h4-5,8,13,16-17H,2-3,6-7,9-11H2,1H3. The number of hydrogen-bond acceptors (Lipinski definition) is 4. The fourth-order valence-electron chi connectivity index (χ4n) is 2.45. The van der Waals surface area contributed by atoms with Crippen LogP contribution in [0.25, 0.3) is 0 Å².